The van der Waals surface area contributed by atoms with Gasteiger partial charge in [-0.3, -0.25) is 0 Å². The Labute approximate surface area is 395 Å². The molecule has 1 aromatic heterocycles. The number of benzene rings is 10. The molecule has 2 aliphatic carbocycles. The third kappa shape index (κ3) is 5.53. The average molecular weight is 869 g/mol. The van der Waals surface area contributed by atoms with Crippen LogP contribution in [0, 0.1) is 0 Å². The zero-order valence-corrected chi connectivity index (χ0v) is 37.3. The van der Waals surface area contributed by atoms with Crippen LogP contribution in [-0.2, 0) is 5.41 Å². The predicted octanol–water partition coefficient (Wildman–Crippen LogP) is 16.8. The Bertz CT molecular complexity index is 3790. The van der Waals surface area contributed by atoms with Crippen molar-refractivity contribution in [2.24, 2.45) is 0 Å². The van der Waals surface area contributed by atoms with Gasteiger partial charge in [0.2, 0.25) is 0 Å². The first kappa shape index (κ1) is 38.6. The van der Waals surface area contributed by atoms with Gasteiger partial charge in [0, 0.05) is 56.0 Å². The van der Waals surface area contributed by atoms with E-state index in [1.54, 1.807) is 0 Å². The Hall–Kier alpha value is -8.66. The summed E-state index contributed by atoms with van der Waals surface area (Å²) in [7, 11) is 0. The quantitative estimate of drug-likeness (QED) is 0.159. The van der Waals surface area contributed by atoms with Crippen LogP contribution in [0.1, 0.15) is 34.2 Å². The van der Waals surface area contributed by atoms with Gasteiger partial charge in [0.15, 0.2) is 0 Å². The van der Waals surface area contributed by atoms with Crippen LogP contribution in [0.2, 0.25) is 0 Å². The van der Waals surface area contributed by atoms with Gasteiger partial charge in [0.25, 0.3) is 0 Å². The second-order valence-electron chi connectivity index (χ2n) is 18.2. The summed E-state index contributed by atoms with van der Waals surface area (Å²) in [4.78, 5) is 5.13. The molecule has 3 nitrogen and oxygen atoms in total. The average Bonchev–Trinajstić information content (AvgIpc) is 4.05. The molecule has 320 valence electrons. The molecule has 0 saturated carbocycles. The number of hydrogen-bond acceptors (Lipinski definition) is 3. The molecule has 0 amide bonds. The lowest BCUT2D eigenvalue weighted by atomic mass is 9.68. The van der Waals surface area contributed by atoms with Gasteiger partial charge in [-0.25, -0.2) is 0 Å². The van der Waals surface area contributed by atoms with Crippen LogP contribution in [0.4, 0.5) is 22.7 Å². The van der Waals surface area contributed by atoms with Gasteiger partial charge in [0.05, 0.1) is 22.8 Å². The maximum Gasteiger partial charge on any atom is 0.138 e. The monoisotopic (exact) mass is 868 g/mol. The first-order valence-electron chi connectivity index (χ1n) is 23.7. The fourth-order valence-electron chi connectivity index (χ4n) is 12.1. The summed E-state index contributed by atoms with van der Waals surface area (Å²) in [5.74, 6) is 0. The van der Waals surface area contributed by atoms with Crippen molar-refractivity contribution in [1.82, 2.24) is 0 Å². The molecule has 1 atom stereocenters. The first-order valence-corrected chi connectivity index (χ1v) is 23.7. The van der Waals surface area contributed by atoms with Crippen LogP contribution in [0.3, 0.4) is 0 Å². The summed E-state index contributed by atoms with van der Waals surface area (Å²) in [6.45, 7) is 0. The molecule has 0 saturated heterocycles. The molecule has 2 heterocycles. The summed E-state index contributed by atoms with van der Waals surface area (Å²) in [6.07, 6.45) is 5.78. The Morgan fingerprint density at radius 3 is 1.88 bits per heavy atom. The number of anilines is 4. The highest BCUT2D eigenvalue weighted by atomic mass is 16.3. The standard InChI is InChI=1S/C65H44N2O/c1-5-22-44(23-6-1)61-63-52-41-48(39-40-56(52)67(55-36-19-24-43-21-13-14-31-49(43)55)58(63)42-60-64(61)51-33-16-18-38-59(51)68-60)66(47-29-11-4-12-30-47)57-37-20-35-54-62(57)50-32-15-17-34-53(50)65(54,45-25-7-2-8-26-45)46-27-9-3-10-28-46/h1-39,41-42,56H,40H2. The zero-order chi connectivity index (χ0) is 44.8. The molecule has 3 heteroatoms. The molecule has 0 bridgehead atoms. The molecular formula is C65H44N2O. The van der Waals surface area contributed by atoms with E-state index in [1.807, 2.05) is 0 Å². The highest BCUT2D eigenvalue weighted by Gasteiger charge is 2.48. The second-order valence-corrected chi connectivity index (χ2v) is 18.2. The largest absolute Gasteiger partial charge is 0.456 e. The van der Waals surface area contributed by atoms with Crippen molar-refractivity contribution in [3.63, 3.8) is 0 Å². The number of rotatable bonds is 7. The smallest absolute Gasteiger partial charge is 0.138 e. The number of fused-ring (bicyclic) bond motifs is 10. The summed E-state index contributed by atoms with van der Waals surface area (Å²) in [5.41, 5.74) is 19.6. The minimum atomic E-state index is -0.524. The number of furan rings is 1. The molecule has 0 N–H and O–H groups in total. The van der Waals surface area contributed by atoms with E-state index in [9.17, 15) is 0 Å². The predicted molar refractivity (Wildman–Crippen MR) is 282 cm³/mol. The van der Waals surface area contributed by atoms with Crippen molar-refractivity contribution in [2.45, 2.75) is 17.9 Å². The van der Waals surface area contributed by atoms with Crippen molar-refractivity contribution >= 4 is 61.0 Å². The van der Waals surface area contributed by atoms with Crippen molar-refractivity contribution < 1.29 is 4.42 Å². The van der Waals surface area contributed by atoms with Crippen LogP contribution in [0.5, 0.6) is 0 Å². The van der Waals surface area contributed by atoms with Crippen LogP contribution in [0.15, 0.2) is 259 Å². The van der Waals surface area contributed by atoms with E-state index in [2.05, 4.69) is 259 Å². The number of allylic oxidation sites excluding steroid dienone is 1. The maximum atomic E-state index is 6.82. The van der Waals surface area contributed by atoms with Crippen LogP contribution < -0.4 is 9.80 Å². The van der Waals surface area contributed by atoms with Crippen molar-refractivity contribution in [3.05, 3.63) is 282 Å². The number of nitrogens with zero attached hydrogens (tertiary/aromatic N) is 2. The van der Waals surface area contributed by atoms with Gasteiger partial charge in [-0.05, 0) is 87.2 Å². The van der Waals surface area contributed by atoms with Gasteiger partial charge < -0.3 is 14.2 Å². The number of hydrogen-bond donors (Lipinski definition) is 0. The lowest BCUT2D eigenvalue weighted by Crippen LogP contribution is -2.30. The van der Waals surface area contributed by atoms with E-state index in [0.29, 0.717) is 0 Å². The SMILES string of the molecule is C1=C2c3c(cc4oc5ccccc5c4c3-c3ccccc3)N(c3cccc4ccccc34)C2CC=C1N(c1ccccc1)c1cccc2c1-c1ccccc1C2(c1ccccc1)c1ccccc1. The van der Waals surface area contributed by atoms with E-state index in [1.165, 1.54) is 72.1 Å². The fraction of sp³-hybridized carbons (Fsp3) is 0.0462. The molecule has 10 aromatic carbocycles. The molecule has 3 aliphatic rings. The summed E-state index contributed by atoms with van der Waals surface area (Å²) in [5, 5.41) is 4.73. The van der Waals surface area contributed by atoms with Gasteiger partial charge in [-0.1, -0.05) is 206 Å². The minimum Gasteiger partial charge on any atom is -0.456 e. The van der Waals surface area contributed by atoms with E-state index >= 15 is 0 Å². The molecule has 11 aromatic rings. The minimum absolute atomic E-state index is 0.0310. The second kappa shape index (κ2) is 15.2. The molecule has 0 spiro atoms. The van der Waals surface area contributed by atoms with Crippen molar-refractivity contribution in [1.29, 1.82) is 0 Å². The lowest BCUT2D eigenvalue weighted by Gasteiger charge is -2.35. The molecule has 1 aliphatic heterocycles. The normalized spacial score (nSPS) is 15.4. The Balaban J connectivity index is 1.05. The maximum absolute atomic E-state index is 6.82. The van der Waals surface area contributed by atoms with Crippen LogP contribution in [-0.4, -0.2) is 6.04 Å². The van der Waals surface area contributed by atoms with Gasteiger partial charge in [-0.2, -0.15) is 0 Å². The Morgan fingerprint density at radius 1 is 0.485 bits per heavy atom. The molecule has 0 fully saturated rings. The van der Waals surface area contributed by atoms with Crippen LogP contribution >= 0.6 is 0 Å². The molecule has 68 heavy (non-hydrogen) atoms. The van der Waals surface area contributed by atoms with Crippen molar-refractivity contribution in [3.8, 4) is 22.3 Å². The third-order valence-electron chi connectivity index (χ3n) is 14.8. The van der Waals surface area contributed by atoms with Gasteiger partial charge in [0.1, 0.15) is 11.2 Å². The lowest BCUT2D eigenvalue weighted by molar-refractivity contribution is 0.669. The third-order valence-corrected chi connectivity index (χ3v) is 14.8. The Morgan fingerprint density at radius 2 is 1.10 bits per heavy atom. The molecule has 14 rings (SSSR count). The molecular weight excluding hydrogens is 825 g/mol. The van der Waals surface area contributed by atoms with Gasteiger partial charge in [-0.15, -0.1) is 0 Å². The highest BCUT2D eigenvalue weighted by Crippen LogP contribution is 2.61. The molecule has 1 unspecified atom stereocenters. The van der Waals surface area contributed by atoms with E-state index in [0.717, 1.165) is 51.1 Å². The first-order chi connectivity index (χ1) is 33.8. The highest BCUT2D eigenvalue weighted by molar-refractivity contribution is 6.19. The van der Waals surface area contributed by atoms with Crippen molar-refractivity contribution in [2.75, 3.05) is 9.80 Å². The summed E-state index contributed by atoms with van der Waals surface area (Å²) >= 11 is 0. The Kier molecular flexibility index (Phi) is 8.63. The van der Waals surface area contributed by atoms with E-state index in [4.69, 9.17) is 4.42 Å². The zero-order valence-electron chi connectivity index (χ0n) is 37.3. The topological polar surface area (TPSA) is 19.6 Å². The van der Waals surface area contributed by atoms with E-state index in [-0.39, 0.29) is 6.04 Å². The summed E-state index contributed by atoms with van der Waals surface area (Å²) in [6, 6.07) is 86.6. The van der Waals surface area contributed by atoms with Gasteiger partial charge >= 0.3 is 0 Å². The molecule has 0 radical (unpaired) electrons. The number of para-hydroxylation sites is 2. The summed E-state index contributed by atoms with van der Waals surface area (Å²) < 4.78 is 6.82. The van der Waals surface area contributed by atoms with E-state index < -0.39 is 5.41 Å². The van der Waals surface area contributed by atoms with Crippen LogP contribution in [0.25, 0.3) is 60.5 Å². The fourth-order valence-corrected chi connectivity index (χ4v) is 12.1.